The number of carbonyl (C=O) groups is 1. The first-order valence-electron chi connectivity index (χ1n) is 8.73. The summed E-state index contributed by atoms with van der Waals surface area (Å²) >= 11 is 0. The average Bonchev–Trinajstić information content (AvgIpc) is 3.33. The monoisotopic (exact) mass is 370 g/mol. The van der Waals surface area contributed by atoms with E-state index >= 15 is 0 Å². The number of urea groups is 1. The number of anilines is 1. The molecular formula is C19H22N4O4. The predicted molar refractivity (Wildman–Crippen MR) is 98.3 cm³/mol. The van der Waals surface area contributed by atoms with Crippen LogP contribution in [0.2, 0.25) is 0 Å². The minimum Gasteiger partial charge on any atom is -0.486 e. The van der Waals surface area contributed by atoms with Crippen LogP contribution in [0.25, 0.3) is 0 Å². The molecule has 2 heterocycles. The van der Waals surface area contributed by atoms with Crippen LogP contribution in [-0.2, 0) is 19.6 Å². The third kappa shape index (κ3) is 5.34. The molecule has 8 heteroatoms. The fraction of sp³-hybridized carbons (Fsp3) is 0.316. The molecule has 3 aromatic rings. The molecule has 1 N–H and O–H groups in total. The van der Waals surface area contributed by atoms with Crippen molar-refractivity contribution in [1.82, 2.24) is 15.0 Å². The van der Waals surface area contributed by atoms with Gasteiger partial charge in [0.05, 0.1) is 12.8 Å². The lowest BCUT2D eigenvalue weighted by atomic mass is 10.3. The van der Waals surface area contributed by atoms with Gasteiger partial charge in [-0.2, -0.15) is 4.98 Å². The Hall–Kier alpha value is -3.29. The lowest BCUT2D eigenvalue weighted by Gasteiger charge is -2.16. The van der Waals surface area contributed by atoms with E-state index in [0.29, 0.717) is 29.8 Å². The molecule has 0 aliphatic carbocycles. The van der Waals surface area contributed by atoms with E-state index in [0.717, 1.165) is 18.6 Å². The van der Waals surface area contributed by atoms with Crippen LogP contribution in [0.15, 0.2) is 51.6 Å². The van der Waals surface area contributed by atoms with Gasteiger partial charge < -0.3 is 23.9 Å². The molecule has 8 nitrogen and oxygen atoms in total. The van der Waals surface area contributed by atoms with Crippen molar-refractivity contribution in [3.63, 3.8) is 0 Å². The second-order valence-electron chi connectivity index (χ2n) is 6.03. The Kier molecular flexibility index (Phi) is 6.09. The van der Waals surface area contributed by atoms with Crippen LogP contribution in [0.3, 0.4) is 0 Å². The van der Waals surface area contributed by atoms with E-state index in [1.807, 2.05) is 19.1 Å². The number of amides is 2. The molecular weight excluding hydrogens is 348 g/mol. The van der Waals surface area contributed by atoms with E-state index in [2.05, 4.69) is 15.5 Å². The van der Waals surface area contributed by atoms with E-state index in [-0.39, 0.29) is 12.6 Å². The standard InChI is InChI=1S/C19H22N4O4/c1-3-5-18-21-17(22-27-18)12-23(2)19(24)20-14-7-9-15(10-8-14)26-13-16-6-4-11-25-16/h4,6-11H,3,5,12-13H2,1-2H3,(H,20,24). The zero-order chi connectivity index (χ0) is 19.1. The molecule has 0 aliphatic heterocycles. The van der Waals surface area contributed by atoms with Gasteiger partial charge >= 0.3 is 6.03 Å². The summed E-state index contributed by atoms with van der Waals surface area (Å²) in [6, 6.07) is 10.5. The molecule has 1 aromatic carbocycles. The largest absolute Gasteiger partial charge is 0.486 e. The Bertz CT molecular complexity index is 843. The number of carbonyl (C=O) groups excluding carboxylic acids is 1. The van der Waals surface area contributed by atoms with E-state index in [1.54, 1.807) is 37.6 Å². The minimum absolute atomic E-state index is 0.263. The Morgan fingerprint density at radius 3 is 2.78 bits per heavy atom. The summed E-state index contributed by atoms with van der Waals surface area (Å²) in [5, 5.41) is 6.70. The van der Waals surface area contributed by atoms with E-state index in [9.17, 15) is 4.79 Å². The summed E-state index contributed by atoms with van der Waals surface area (Å²) < 4.78 is 16.0. The van der Waals surface area contributed by atoms with Crippen molar-refractivity contribution in [3.8, 4) is 5.75 Å². The highest BCUT2D eigenvalue weighted by Crippen LogP contribution is 2.17. The van der Waals surface area contributed by atoms with Crippen molar-refractivity contribution in [3.05, 3.63) is 60.1 Å². The molecule has 27 heavy (non-hydrogen) atoms. The fourth-order valence-electron chi connectivity index (χ4n) is 2.36. The third-order valence-corrected chi connectivity index (χ3v) is 3.77. The number of aryl methyl sites for hydroxylation is 1. The van der Waals surface area contributed by atoms with E-state index < -0.39 is 0 Å². The maximum atomic E-state index is 12.3. The number of benzene rings is 1. The maximum Gasteiger partial charge on any atom is 0.321 e. The van der Waals surface area contributed by atoms with Crippen LogP contribution in [0.1, 0.15) is 30.8 Å². The van der Waals surface area contributed by atoms with Gasteiger partial charge in [-0.05, 0) is 42.8 Å². The number of hydrogen-bond acceptors (Lipinski definition) is 6. The number of aromatic nitrogens is 2. The second kappa shape index (κ2) is 8.88. The maximum absolute atomic E-state index is 12.3. The van der Waals surface area contributed by atoms with Crippen molar-refractivity contribution in [2.24, 2.45) is 0 Å². The first kappa shape index (κ1) is 18.5. The minimum atomic E-state index is -0.263. The molecule has 0 spiro atoms. The van der Waals surface area contributed by atoms with Gasteiger partial charge in [-0.25, -0.2) is 4.79 Å². The molecule has 3 rings (SSSR count). The molecule has 0 unspecified atom stereocenters. The van der Waals surface area contributed by atoms with Gasteiger partial charge in [0.25, 0.3) is 0 Å². The first-order chi connectivity index (χ1) is 13.1. The Labute approximate surface area is 157 Å². The van der Waals surface area contributed by atoms with Crippen LogP contribution in [0.4, 0.5) is 10.5 Å². The van der Waals surface area contributed by atoms with Gasteiger partial charge in [-0.3, -0.25) is 0 Å². The van der Waals surface area contributed by atoms with Gasteiger partial charge in [-0.1, -0.05) is 12.1 Å². The van der Waals surface area contributed by atoms with Crippen LogP contribution in [-0.4, -0.2) is 28.1 Å². The molecule has 0 radical (unpaired) electrons. The van der Waals surface area contributed by atoms with Gasteiger partial charge in [-0.15, -0.1) is 0 Å². The lowest BCUT2D eigenvalue weighted by molar-refractivity contribution is 0.219. The lowest BCUT2D eigenvalue weighted by Crippen LogP contribution is -2.31. The van der Waals surface area contributed by atoms with Gasteiger partial charge in [0, 0.05) is 19.2 Å². The van der Waals surface area contributed by atoms with Gasteiger partial charge in [0.1, 0.15) is 18.1 Å². The highest BCUT2D eigenvalue weighted by molar-refractivity contribution is 5.89. The van der Waals surface area contributed by atoms with Gasteiger partial charge in [0.15, 0.2) is 5.82 Å². The molecule has 2 amide bonds. The molecule has 0 aliphatic rings. The number of hydrogen-bond donors (Lipinski definition) is 1. The molecule has 0 saturated carbocycles. The van der Waals surface area contributed by atoms with Crippen molar-refractivity contribution in [2.75, 3.05) is 12.4 Å². The van der Waals surface area contributed by atoms with Crippen molar-refractivity contribution in [1.29, 1.82) is 0 Å². The summed E-state index contributed by atoms with van der Waals surface area (Å²) in [6.45, 7) is 2.66. The van der Waals surface area contributed by atoms with Crippen molar-refractivity contribution in [2.45, 2.75) is 32.9 Å². The summed E-state index contributed by atoms with van der Waals surface area (Å²) in [5.74, 6) is 2.51. The summed E-state index contributed by atoms with van der Waals surface area (Å²) in [6.07, 6.45) is 3.27. The Balaban J connectivity index is 1.48. The van der Waals surface area contributed by atoms with Crippen LogP contribution in [0.5, 0.6) is 5.75 Å². The predicted octanol–water partition coefficient (Wildman–Crippen LogP) is 3.86. The van der Waals surface area contributed by atoms with Crippen LogP contribution < -0.4 is 10.1 Å². The summed E-state index contributed by atoms with van der Waals surface area (Å²) in [7, 11) is 1.67. The quantitative estimate of drug-likeness (QED) is 0.647. The highest BCUT2D eigenvalue weighted by Gasteiger charge is 2.13. The van der Waals surface area contributed by atoms with Gasteiger partial charge in [0.2, 0.25) is 5.89 Å². The SMILES string of the molecule is CCCc1nc(CN(C)C(=O)Nc2ccc(OCc3ccco3)cc2)no1. The molecule has 0 fully saturated rings. The molecule has 2 aromatic heterocycles. The Morgan fingerprint density at radius 1 is 1.26 bits per heavy atom. The molecule has 0 bridgehead atoms. The highest BCUT2D eigenvalue weighted by atomic mass is 16.5. The average molecular weight is 370 g/mol. The zero-order valence-electron chi connectivity index (χ0n) is 15.3. The topological polar surface area (TPSA) is 93.6 Å². The Morgan fingerprint density at radius 2 is 2.07 bits per heavy atom. The third-order valence-electron chi connectivity index (χ3n) is 3.77. The number of rotatable bonds is 8. The summed E-state index contributed by atoms with van der Waals surface area (Å²) in [4.78, 5) is 18.0. The van der Waals surface area contributed by atoms with Crippen molar-refractivity contribution < 1.29 is 18.5 Å². The molecule has 142 valence electrons. The molecule has 0 saturated heterocycles. The van der Waals surface area contributed by atoms with E-state index in [4.69, 9.17) is 13.7 Å². The second-order valence-corrected chi connectivity index (χ2v) is 6.03. The number of furan rings is 1. The van der Waals surface area contributed by atoms with Crippen LogP contribution in [0, 0.1) is 0 Å². The number of nitrogens with zero attached hydrogens (tertiary/aromatic N) is 3. The molecule has 0 atom stereocenters. The van der Waals surface area contributed by atoms with Crippen LogP contribution >= 0.6 is 0 Å². The number of nitrogens with one attached hydrogen (secondary N) is 1. The fourth-order valence-corrected chi connectivity index (χ4v) is 2.36. The number of ether oxygens (including phenoxy) is 1. The normalized spacial score (nSPS) is 10.6. The van der Waals surface area contributed by atoms with Crippen molar-refractivity contribution >= 4 is 11.7 Å². The summed E-state index contributed by atoms with van der Waals surface area (Å²) in [5.41, 5.74) is 0.664. The zero-order valence-corrected chi connectivity index (χ0v) is 15.3. The van der Waals surface area contributed by atoms with E-state index in [1.165, 1.54) is 4.90 Å². The smallest absolute Gasteiger partial charge is 0.321 e. The first-order valence-corrected chi connectivity index (χ1v) is 8.73.